The number of H-pyrrole nitrogens is 1. The third-order valence-electron chi connectivity index (χ3n) is 3.46. The number of hydrogen-bond donors (Lipinski definition) is 5. The van der Waals surface area contributed by atoms with Crippen molar-refractivity contribution in [2.75, 3.05) is 5.73 Å². The van der Waals surface area contributed by atoms with Gasteiger partial charge in [-0.25, -0.2) is 9.78 Å². The summed E-state index contributed by atoms with van der Waals surface area (Å²) >= 11 is 0. The minimum absolute atomic E-state index is 0.00878. The number of nitrogens with zero attached hydrogens (tertiary/aromatic N) is 3. The zero-order chi connectivity index (χ0) is 16.0. The van der Waals surface area contributed by atoms with Gasteiger partial charge in [0.15, 0.2) is 17.3 Å². The van der Waals surface area contributed by atoms with Crippen LogP contribution >= 0.6 is 0 Å². The second kappa shape index (κ2) is 5.05. The van der Waals surface area contributed by atoms with Crippen molar-refractivity contribution < 1.29 is 24.9 Å². The van der Waals surface area contributed by atoms with E-state index < -0.39 is 36.1 Å². The Morgan fingerprint density at radius 1 is 1.59 bits per heavy atom. The number of carboxylic acids is 1. The van der Waals surface area contributed by atoms with E-state index in [-0.39, 0.29) is 23.5 Å². The molecule has 2 aromatic rings. The van der Waals surface area contributed by atoms with Gasteiger partial charge in [-0.05, 0) is 0 Å². The fourth-order valence-electron chi connectivity index (χ4n) is 2.43. The molecule has 0 bridgehead atoms. The van der Waals surface area contributed by atoms with Crippen LogP contribution in [0.25, 0.3) is 11.2 Å². The van der Waals surface area contributed by atoms with Crippen molar-refractivity contribution in [1.29, 1.82) is 0 Å². The number of carbonyl (C=O) groups is 1. The Hall–Kier alpha value is -2.50. The lowest BCUT2D eigenvalue weighted by molar-refractivity contribution is -0.160. The van der Waals surface area contributed by atoms with Gasteiger partial charge in [0.25, 0.3) is 5.56 Å². The van der Waals surface area contributed by atoms with Crippen LogP contribution in [0.5, 0.6) is 0 Å². The predicted molar refractivity (Wildman–Crippen MR) is 70.7 cm³/mol. The highest BCUT2D eigenvalue weighted by Crippen LogP contribution is 2.32. The third kappa shape index (κ3) is 2.20. The van der Waals surface area contributed by atoms with Gasteiger partial charge >= 0.3 is 5.97 Å². The first-order valence-corrected chi connectivity index (χ1v) is 6.35. The third-order valence-corrected chi connectivity index (χ3v) is 3.46. The van der Waals surface area contributed by atoms with Gasteiger partial charge in [-0.15, -0.1) is 0 Å². The van der Waals surface area contributed by atoms with E-state index in [9.17, 15) is 19.8 Å². The number of aliphatic hydroxyl groups is 2. The molecule has 0 aromatic carbocycles. The van der Waals surface area contributed by atoms with Crippen LogP contribution in [0.1, 0.15) is 12.6 Å². The number of aromatic amines is 1. The number of aliphatic carboxylic acids is 1. The Bertz CT molecular complexity index is 785. The maximum atomic E-state index is 11.7. The molecule has 118 valence electrons. The van der Waals surface area contributed by atoms with Gasteiger partial charge < -0.3 is 25.8 Å². The summed E-state index contributed by atoms with van der Waals surface area (Å²) in [6, 6.07) is 0. The monoisotopic (exact) mass is 311 g/mol. The molecule has 2 aromatic heterocycles. The molecule has 22 heavy (non-hydrogen) atoms. The Kier molecular flexibility index (Phi) is 3.31. The van der Waals surface area contributed by atoms with Gasteiger partial charge in [0.05, 0.1) is 12.4 Å². The van der Waals surface area contributed by atoms with Crippen molar-refractivity contribution in [2.24, 2.45) is 0 Å². The molecule has 0 spiro atoms. The lowest BCUT2D eigenvalue weighted by Gasteiger charge is -2.18. The van der Waals surface area contributed by atoms with E-state index in [1.165, 1.54) is 10.9 Å². The van der Waals surface area contributed by atoms with Crippen LogP contribution in [0.4, 0.5) is 5.95 Å². The highest BCUT2D eigenvalue weighted by molar-refractivity contribution is 5.73. The van der Waals surface area contributed by atoms with Crippen LogP contribution in [-0.2, 0) is 9.53 Å². The van der Waals surface area contributed by atoms with E-state index >= 15 is 0 Å². The number of aliphatic hydroxyl groups excluding tert-OH is 2. The predicted octanol–water partition coefficient (Wildman–Crippen LogP) is -2.20. The molecule has 11 heteroatoms. The largest absolute Gasteiger partial charge is 0.479 e. The summed E-state index contributed by atoms with van der Waals surface area (Å²) in [6.45, 7) is 0. The molecule has 0 amide bonds. The summed E-state index contributed by atoms with van der Waals surface area (Å²) in [5, 5.41) is 28.2. The summed E-state index contributed by atoms with van der Waals surface area (Å²) in [4.78, 5) is 32.6. The van der Waals surface area contributed by atoms with Crippen LogP contribution in [0, 0.1) is 0 Å². The van der Waals surface area contributed by atoms with Crippen LogP contribution in [0.3, 0.4) is 0 Å². The smallest absolute Gasteiger partial charge is 0.335 e. The lowest BCUT2D eigenvalue weighted by Crippen LogP contribution is -2.40. The molecular weight excluding hydrogens is 298 g/mol. The Balaban J connectivity index is 1.96. The molecule has 1 unspecified atom stereocenters. The van der Waals surface area contributed by atoms with Crippen LogP contribution in [-0.4, -0.2) is 59.1 Å². The van der Waals surface area contributed by atoms with Crippen molar-refractivity contribution in [3.63, 3.8) is 0 Å². The average molecular weight is 311 g/mol. The van der Waals surface area contributed by atoms with Crippen molar-refractivity contribution in [2.45, 2.75) is 31.0 Å². The number of nitrogens with one attached hydrogen (secondary N) is 1. The first-order chi connectivity index (χ1) is 10.4. The second-order valence-corrected chi connectivity index (χ2v) is 4.92. The first-order valence-electron chi connectivity index (χ1n) is 6.35. The number of hydrogen-bond acceptors (Lipinski definition) is 8. The van der Waals surface area contributed by atoms with Gasteiger partial charge in [-0.2, -0.15) is 4.98 Å². The molecule has 1 fully saturated rings. The minimum atomic E-state index is -1.86. The number of ether oxygens (including phenoxy) is 1. The Morgan fingerprint density at radius 2 is 2.32 bits per heavy atom. The van der Waals surface area contributed by atoms with E-state index in [1.807, 2.05) is 0 Å². The average Bonchev–Trinajstić information content (AvgIpc) is 3.01. The Labute approximate surface area is 122 Å². The lowest BCUT2D eigenvalue weighted by atomic mass is 10.1. The van der Waals surface area contributed by atoms with Crippen molar-refractivity contribution in [1.82, 2.24) is 19.5 Å². The maximum absolute atomic E-state index is 11.7. The van der Waals surface area contributed by atoms with Gasteiger partial charge in [-0.1, -0.05) is 0 Å². The van der Waals surface area contributed by atoms with Gasteiger partial charge in [0.1, 0.15) is 12.3 Å². The van der Waals surface area contributed by atoms with Gasteiger partial charge in [-0.3, -0.25) is 14.3 Å². The molecule has 6 N–H and O–H groups in total. The van der Waals surface area contributed by atoms with E-state index in [2.05, 4.69) is 15.0 Å². The normalized spacial score (nSPS) is 26.4. The molecular formula is C11H13N5O6. The number of carboxylic acid groups (broad SMARTS) is 1. The summed E-state index contributed by atoms with van der Waals surface area (Å²) in [6.07, 6.45) is -3.88. The SMILES string of the molecule is Nc1nc2c(ncn2[C@H]2C[C@H](O)[C@@H](C(O)C(=O)O)O2)c(=O)[nH]1. The number of aromatic nitrogens is 4. The molecule has 0 saturated carbocycles. The number of rotatable bonds is 3. The highest BCUT2D eigenvalue weighted by atomic mass is 16.5. The van der Waals surface area contributed by atoms with E-state index in [1.54, 1.807) is 0 Å². The summed E-state index contributed by atoms with van der Waals surface area (Å²) in [5.74, 6) is -1.61. The number of fused-ring (bicyclic) bond motifs is 1. The van der Waals surface area contributed by atoms with Crippen molar-refractivity contribution in [3.05, 3.63) is 16.7 Å². The van der Waals surface area contributed by atoms with E-state index in [4.69, 9.17) is 15.6 Å². The molecule has 3 rings (SSSR count). The fourth-order valence-corrected chi connectivity index (χ4v) is 2.43. The molecule has 4 atom stereocenters. The van der Waals surface area contributed by atoms with Crippen LogP contribution < -0.4 is 11.3 Å². The van der Waals surface area contributed by atoms with Crippen molar-refractivity contribution >= 4 is 23.1 Å². The van der Waals surface area contributed by atoms with Crippen LogP contribution in [0.15, 0.2) is 11.1 Å². The molecule has 1 aliphatic rings. The second-order valence-electron chi connectivity index (χ2n) is 4.92. The number of nitrogen functional groups attached to an aromatic ring is 1. The van der Waals surface area contributed by atoms with Gasteiger partial charge in [0.2, 0.25) is 5.95 Å². The highest BCUT2D eigenvalue weighted by Gasteiger charge is 2.42. The maximum Gasteiger partial charge on any atom is 0.335 e. The number of nitrogens with two attached hydrogens (primary N) is 1. The minimum Gasteiger partial charge on any atom is -0.479 e. The number of anilines is 1. The quantitative estimate of drug-likeness (QED) is 0.420. The van der Waals surface area contributed by atoms with Crippen molar-refractivity contribution in [3.8, 4) is 0 Å². The Morgan fingerprint density at radius 3 is 3.00 bits per heavy atom. The molecule has 0 aliphatic carbocycles. The molecule has 1 saturated heterocycles. The first kappa shape index (κ1) is 14.4. The molecule has 0 radical (unpaired) electrons. The van der Waals surface area contributed by atoms with Crippen LogP contribution in [0.2, 0.25) is 0 Å². The summed E-state index contributed by atoms with van der Waals surface area (Å²) in [5.41, 5.74) is 5.13. The zero-order valence-electron chi connectivity index (χ0n) is 11.1. The summed E-state index contributed by atoms with van der Waals surface area (Å²) < 4.78 is 6.74. The fraction of sp³-hybridized carbons (Fsp3) is 0.455. The van der Waals surface area contributed by atoms with E-state index in [0.29, 0.717) is 0 Å². The summed E-state index contributed by atoms with van der Waals surface area (Å²) in [7, 11) is 0. The topological polar surface area (TPSA) is 177 Å². The zero-order valence-corrected chi connectivity index (χ0v) is 11.1. The molecule has 3 heterocycles. The number of imidazole rings is 1. The molecule has 1 aliphatic heterocycles. The van der Waals surface area contributed by atoms with E-state index in [0.717, 1.165) is 0 Å². The molecule has 11 nitrogen and oxygen atoms in total. The van der Waals surface area contributed by atoms with Gasteiger partial charge in [0, 0.05) is 6.42 Å². The standard InChI is InChI=1S/C11H13N5O6/c12-11-14-8-5(9(19)15-11)13-2-16(8)4-1-3(17)7(22-4)6(18)10(20)21/h2-4,6-7,17-18H,1H2,(H,20,21)(H3,12,14,15,19)/t3-,4+,6?,7-/m0/s1.